The molecule has 0 radical (unpaired) electrons. The van der Waals surface area contributed by atoms with Gasteiger partial charge in [0.15, 0.2) is 5.11 Å². The Morgan fingerprint density at radius 3 is 2.35 bits per heavy atom. The van der Waals surface area contributed by atoms with Crippen LogP contribution in [0.15, 0.2) is 23.1 Å². The van der Waals surface area contributed by atoms with Crippen molar-refractivity contribution in [2.45, 2.75) is 10.4 Å². The molecule has 1 aromatic rings. The second-order valence-electron chi connectivity index (χ2n) is 3.37. The number of thiocarbonyl (C=S) groups is 1. The SMILES string of the molecule is NC(=S)Nc1ccc(S(=O)(=O)C(F)(F)F)cc1[N+](=O)[O-]. The molecule has 12 heteroatoms. The topological polar surface area (TPSA) is 115 Å². The third-order valence-corrected chi connectivity index (χ3v) is 3.62. The number of hydrogen-bond donors (Lipinski definition) is 2. The number of rotatable bonds is 3. The molecule has 0 aliphatic rings. The van der Waals surface area contributed by atoms with E-state index < -0.39 is 30.9 Å². The van der Waals surface area contributed by atoms with Crippen molar-refractivity contribution in [2.75, 3.05) is 5.32 Å². The Labute approximate surface area is 115 Å². The lowest BCUT2D eigenvalue weighted by atomic mass is 10.2. The molecule has 0 spiro atoms. The van der Waals surface area contributed by atoms with E-state index in [2.05, 4.69) is 17.5 Å². The van der Waals surface area contributed by atoms with Gasteiger partial charge in [0.1, 0.15) is 5.69 Å². The zero-order valence-electron chi connectivity index (χ0n) is 9.34. The van der Waals surface area contributed by atoms with E-state index in [1.807, 2.05) is 0 Å². The number of alkyl halides is 3. The van der Waals surface area contributed by atoms with Crippen molar-refractivity contribution in [1.29, 1.82) is 0 Å². The van der Waals surface area contributed by atoms with E-state index in [0.29, 0.717) is 6.07 Å². The van der Waals surface area contributed by atoms with Gasteiger partial charge in [-0.1, -0.05) is 0 Å². The molecule has 0 saturated carbocycles. The summed E-state index contributed by atoms with van der Waals surface area (Å²) in [6, 6.07) is 1.62. The number of nitrogens with one attached hydrogen (secondary N) is 1. The summed E-state index contributed by atoms with van der Waals surface area (Å²) in [5, 5.41) is 12.5. The van der Waals surface area contributed by atoms with Crippen LogP contribution in [0.2, 0.25) is 0 Å². The number of nitro benzene ring substituents is 1. The van der Waals surface area contributed by atoms with Gasteiger partial charge in [0.2, 0.25) is 0 Å². The van der Waals surface area contributed by atoms with E-state index in [9.17, 15) is 31.7 Å². The first kappa shape index (κ1) is 16.1. The molecule has 7 nitrogen and oxygen atoms in total. The van der Waals surface area contributed by atoms with Crippen molar-refractivity contribution < 1.29 is 26.5 Å². The minimum atomic E-state index is -5.67. The van der Waals surface area contributed by atoms with Crippen LogP contribution in [0.3, 0.4) is 0 Å². The first-order chi connectivity index (χ1) is 8.96. The Balaban J connectivity index is 3.46. The Hall–Kier alpha value is -1.95. The zero-order valence-corrected chi connectivity index (χ0v) is 11.0. The van der Waals surface area contributed by atoms with Crippen LogP contribution in [0.4, 0.5) is 24.5 Å². The summed E-state index contributed by atoms with van der Waals surface area (Å²) >= 11 is 4.44. The number of sulfone groups is 1. The fourth-order valence-corrected chi connectivity index (χ4v) is 2.09. The van der Waals surface area contributed by atoms with Crippen LogP contribution in [-0.2, 0) is 9.84 Å². The van der Waals surface area contributed by atoms with Gasteiger partial charge in [0.05, 0.1) is 9.82 Å². The number of hydrogen-bond acceptors (Lipinski definition) is 5. The second kappa shape index (κ2) is 5.20. The number of anilines is 1. The monoisotopic (exact) mass is 329 g/mol. The van der Waals surface area contributed by atoms with Gasteiger partial charge in [-0.3, -0.25) is 10.1 Å². The molecule has 0 aromatic heterocycles. The summed E-state index contributed by atoms with van der Waals surface area (Å²) in [5.74, 6) is 0. The van der Waals surface area contributed by atoms with Gasteiger partial charge in [-0.05, 0) is 24.4 Å². The van der Waals surface area contributed by atoms with Crippen molar-refractivity contribution >= 4 is 38.5 Å². The van der Waals surface area contributed by atoms with Gasteiger partial charge >= 0.3 is 5.51 Å². The third kappa shape index (κ3) is 3.14. The minimum absolute atomic E-state index is 0.281. The maximum atomic E-state index is 12.3. The summed E-state index contributed by atoms with van der Waals surface area (Å²) < 4.78 is 59.3. The first-order valence-corrected chi connectivity index (χ1v) is 6.52. The van der Waals surface area contributed by atoms with Gasteiger partial charge in [-0.2, -0.15) is 13.2 Å². The molecule has 110 valence electrons. The predicted octanol–water partition coefficient (Wildman–Crippen LogP) is 1.54. The standard InChI is InChI=1S/C8H6F3N3O4S2/c9-8(10,11)20(17,18)4-1-2-5(13-7(12)19)6(3-4)14(15)16/h1-3H,(H3,12,13,19). The van der Waals surface area contributed by atoms with Crippen LogP contribution >= 0.6 is 12.2 Å². The van der Waals surface area contributed by atoms with Crippen molar-refractivity contribution in [3.05, 3.63) is 28.3 Å². The number of nitro groups is 1. The minimum Gasteiger partial charge on any atom is -0.376 e. The molecule has 0 bridgehead atoms. The summed E-state index contributed by atoms with van der Waals surface area (Å²) in [6.45, 7) is 0. The molecule has 0 saturated heterocycles. The summed E-state index contributed by atoms with van der Waals surface area (Å²) in [5.41, 5.74) is -1.69. The Bertz CT molecular complexity index is 672. The molecule has 0 unspecified atom stereocenters. The average Bonchev–Trinajstić information content (AvgIpc) is 2.26. The molecule has 20 heavy (non-hydrogen) atoms. The van der Waals surface area contributed by atoms with E-state index in [4.69, 9.17) is 5.73 Å². The van der Waals surface area contributed by atoms with Gasteiger partial charge < -0.3 is 11.1 Å². The smallest absolute Gasteiger partial charge is 0.376 e. The summed E-state index contributed by atoms with van der Waals surface area (Å²) in [7, 11) is -5.67. The van der Waals surface area contributed by atoms with Crippen LogP contribution < -0.4 is 11.1 Å². The Kier molecular flexibility index (Phi) is 4.19. The van der Waals surface area contributed by atoms with Crippen LogP contribution in [0.1, 0.15) is 0 Å². The van der Waals surface area contributed by atoms with E-state index in [1.54, 1.807) is 0 Å². The fourth-order valence-electron chi connectivity index (χ4n) is 1.20. The molecule has 1 aromatic carbocycles. The van der Waals surface area contributed by atoms with Crippen LogP contribution in [0, 0.1) is 10.1 Å². The highest BCUT2D eigenvalue weighted by molar-refractivity contribution is 7.92. The number of benzene rings is 1. The highest BCUT2D eigenvalue weighted by atomic mass is 32.2. The van der Waals surface area contributed by atoms with E-state index in [0.717, 1.165) is 6.07 Å². The lowest BCUT2D eigenvalue weighted by Gasteiger charge is -2.10. The van der Waals surface area contributed by atoms with E-state index >= 15 is 0 Å². The molecule has 0 aliphatic carbocycles. The quantitative estimate of drug-likeness (QED) is 0.491. The van der Waals surface area contributed by atoms with Crippen LogP contribution in [0.5, 0.6) is 0 Å². The molecule has 0 amide bonds. The number of nitrogens with zero attached hydrogens (tertiary/aromatic N) is 1. The largest absolute Gasteiger partial charge is 0.501 e. The summed E-state index contributed by atoms with van der Waals surface area (Å²) in [6.07, 6.45) is 0. The van der Waals surface area contributed by atoms with Crippen molar-refractivity contribution in [1.82, 2.24) is 0 Å². The number of halogens is 3. The lowest BCUT2D eigenvalue weighted by molar-refractivity contribution is -0.384. The Morgan fingerprint density at radius 1 is 1.40 bits per heavy atom. The fraction of sp³-hybridized carbons (Fsp3) is 0.125. The van der Waals surface area contributed by atoms with Crippen molar-refractivity contribution in [3.63, 3.8) is 0 Å². The van der Waals surface area contributed by atoms with Gasteiger partial charge in [0.25, 0.3) is 15.5 Å². The number of nitrogens with two attached hydrogens (primary N) is 1. The van der Waals surface area contributed by atoms with E-state index in [-0.39, 0.29) is 16.9 Å². The van der Waals surface area contributed by atoms with Gasteiger partial charge in [-0.15, -0.1) is 0 Å². The van der Waals surface area contributed by atoms with E-state index in [1.165, 1.54) is 0 Å². The second-order valence-corrected chi connectivity index (χ2v) is 5.76. The normalized spacial score (nSPS) is 11.9. The highest BCUT2D eigenvalue weighted by Gasteiger charge is 2.47. The molecule has 0 atom stereocenters. The Morgan fingerprint density at radius 2 is 1.95 bits per heavy atom. The molecule has 1 rings (SSSR count). The van der Waals surface area contributed by atoms with Crippen LogP contribution in [-0.4, -0.2) is 24.0 Å². The predicted molar refractivity (Wildman–Crippen MR) is 66.7 cm³/mol. The van der Waals surface area contributed by atoms with Gasteiger partial charge in [-0.25, -0.2) is 8.42 Å². The third-order valence-electron chi connectivity index (χ3n) is 2.04. The van der Waals surface area contributed by atoms with Crippen molar-refractivity contribution in [3.8, 4) is 0 Å². The van der Waals surface area contributed by atoms with Crippen LogP contribution in [0.25, 0.3) is 0 Å². The van der Waals surface area contributed by atoms with Gasteiger partial charge in [0, 0.05) is 6.07 Å². The molecular weight excluding hydrogens is 323 g/mol. The first-order valence-electron chi connectivity index (χ1n) is 4.63. The lowest BCUT2D eigenvalue weighted by Crippen LogP contribution is -2.24. The van der Waals surface area contributed by atoms with Crippen molar-refractivity contribution in [2.24, 2.45) is 5.73 Å². The molecule has 3 N–H and O–H groups in total. The maximum absolute atomic E-state index is 12.3. The highest BCUT2D eigenvalue weighted by Crippen LogP contribution is 2.34. The maximum Gasteiger partial charge on any atom is 0.501 e. The molecule has 0 heterocycles. The zero-order chi connectivity index (χ0) is 15.7. The average molecular weight is 329 g/mol. The molecule has 0 fully saturated rings. The molecular formula is C8H6F3N3O4S2. The summed E-state index contributed by atoms with van der Waals surface area (Å²) in [4.78, 5) is 8.43. The molecule has 0 aliphatic heterocycles.